The van der Waals surface area contributed by atoms with Crippen molar-refractivity contribution in [2.45, 2.75) is 25.3 Å². The van der Waals surface area contributed by atoms with Gasteiger partial charge in [0.15, 0.2) is 11.6 Å². The highest BCUT2D eigenvalue weighted by atomic mass is 35.5. The van der Waals surface area contributed by atoms with Crippen LogP contribution in [0, 0.1) is 0 Å². The molecule has 3 heterocycles. The van der Waals surface area contributed by atoms with E-state index in [1.54, 1.807) is 19.6 Å². The van der Waals surface area contributed by atoms with Gasteiger partial charge >= 0.3 is 0 Å². The lowest BCUT2D eigenvalue weighted by molar-refractivity contribution is 0.396. The normalized spacial score (nSPS) is 16.9. The first-order valence-electron chi connectivity index (χ1n) is 9.13. The molecule has 1 saturated heterocycles. The van der Waals surface area contributed by atoms with Gasteiger partial charge in [-0.1, -0.05) is 18.2 Å². The van der Waals surface area contributed by atoms with Gasteiger partial charge in [0, 0.05) is 31.1 Å². The summed E-state index contributed by atoms with van der Waals surface area (Å²) in [5.41, 5.74) is 2.25. The Morgan fingerprint density at radius 2 is 2.22 bits per heavy atom. The Morgan fingerprint density at radius 1 is 1.33 bits per heavy atom. The number of ether oxygens (including phenoxy) is 1. The number of halogens is 1. The van der Waals surface area contributed by atoms with Gasteiger partial charge in [-0.2, -0.15) is 0 Å². The van der Waals surface area contributed by atoms with E-state index in [0.29, 0.717) is 6.04 Å². The number of piperazine rings is 1. The predicted octanol–water partition coefficient (Wildman–Crippen LogP) is 3.45. The molecule has 1 aliphatic heterocycles. The first-order valence-corrected chi connectivity index (χ1v) is 9.13. The zero-order chi connectivity index (χ0) is 17.8. The van der Waals surface area contributed by atoms with Crippen molar-refractivity contribution >= 4 is 29.2 Å². The molecule has 0 bridgehead atoms. The summed E-state index contributed by atoms with van der Waals surface area (Å²) in [5.74, 6) is 1.63. The number of anilines is 1. The molecule has 0 spiro atoms. The number of hydrogen-bond donors (Lipinski definition) is 1. The van der Waals surface area contributed by atoms with E-state index in [0.717, 1.165) is 56.0 Å². The van der Waals surface area contributed by atoms with E-state index in [4.69, 9.17) is 9.15 Å². The van der Waals surface area contributed by atoms with Crippen molar-refractivity contribution in [3.8, 4) is 5.75 Å². The minimum absolute atomic E-state index is 0. The summed E-state index contributed by atoms with van der Waals surface area (Å²) in [6.07, 6.45) is 8.42. The van der Waals surface area contributed by atoms with Crippen LogP contribution in [0.1, 0.15) is 18.4 Å². The Labute approximate surface area is 165 Å². The fraction of sp³-hybridized carbons (Fsp3) is 0.400. The standard InChI is InChI=1S/C20H24N4O2.ClH/c1-25-19-12-22-14-23-20(19)24-10-9-21-11-16(24)6-4-5-15-13-26-18-8-3-2-7-17(15)18;/h2-3,7-8,12-14,16,21H,4-6,9-11H2,1H3;1H. The van der Waals surface area contributed by atoms with Gasteiger partial charge in [0.25, 0.3) is 0 Å². The highest BCUT2D eigenvalue weighted by molar-refractivity contribution is 5.85. The van der Waals surface area contributed by atoms with Crippen molar-refractivity contribution in [1.82, 2.24) is 15.3 Å². The first kappa shape index (κ1) is 19.5. The van der Waals surface area contributed by atoms with Crippen LogP contribution in [0.2, 0.25) is 0 Å². The largest absolute Gasteiger partial charge is 0.491 e. The third-order valence-electron chi connectivity index (χ3n) is 5.05. The van der Waals surface area contributed by atoms with E-state index in [1.165, 1.54) is 10.9 Å². The van der Waals surface area contributed by atoms with E-state index in [2.05, 4.69) is 32.3 Å². The number of aryl methyl sites for hydroxylation is 1. The Morgan fingerprint density at radius 3 is 3.11 bits per heavy atom. The molecule has 1 aromatic carbocycles. The van der Waals surface area contributed by atoms with Crippen LogP contribution in [0.3, 0.4) is 0 Å². The second-order valence-electron chi connectivity index (χ2n) is 6.62. The number of fused-ring (bicyclic) bond motifs is 1. The van der Waals surface area contributed by atoms with E-state index in [1.807, 2.05) is 18.4 Å². The molecule has 1 aliphatic rings. The molecule has 0 saturated carbocycles. The molecule has 0 aliphatic carbocycles. The van der Waals surface area contributed by atoms with Gasteiger partial charge in [0.2, 0.25) is 0 Å². The Kier molecular flexibility index (Phi) is 6.53. The second-order valence-corrected chi connectivity index (χ2v) is 6.62. The van der Waals surface area contributed by atoms with Gasteiger partial charge in [0.1, 0.15) is 11.9 Å². The lowest BCUT2D eigenvalue weighted by Gasteiger charge is -2.37. The molecule has 0 radical (unpaired) electrons. The third-order valence-corrected chi connectivity index (χ3v) is 5.05. The minimum atomic E-state index is 0. The molecule has 2 aromatic heterocycles. The van der Waals surface area contributed by atoms with Crippen LogP contribution in [0.4, 0.5) is 5.82 Å². The van der Waals surface area contributed by atoms with E-state index >= 15 is 0 Å². The highest BCUT2D eigenvalue weighted by Gasteiger charge is 2.25. The van der Waals surface area contributed by atoms with Crippen LogP contribution < -0.4 is 15.0 Å². The molecule has 6 nitrogen and oxygen atoms in total. The highest BCUT2D eigenvalue weighted by Crippen LogP contribution is 2.28. The molecule has 3 aromatic rings. The zero-order valence-corrected chi connectivity index (χ0v) is 16.2. The van der Waals surface area contributed by atoms with Gasteiger partial charge in [-0.3, -0.25) is 0 Å². The maximum absolute atomic E-state index is 5.66. The number of aromatic nitrogens is 2. The molecule has 1 N–H and O–H groups in total. The Balaban J connectivity index is 0.00000210. The summed E-state index contributed by atoms with van der Waals surface area (Å²) in [6.45, 7) is 2.84. The molecular formula is C20H25ClN4O2. The van der Waals surface area contributed by atoms with Crippen molar-refractivity contribution in [2.24, 2.45) is 0 Å². The minimum Gasteiger partial charge on any atom is -0.491 e. The average Bonchev–Trinajstić information content (AvgIpc) is 3.12. The number of furan rings is 1. The lowest BCUT2D eigenvalue weighted by atomic mass is 10.0. The lowest BCUT2D eigenvalue weighted by Crippen LogP contribution is -2.51. The number of nitrogens with one attached hydrogen (secondary N) is 1. The Bertz CT molecular complexity index is 870. The van der Waals surface area contributed by atoms with E-state index < -0.39 is 0 Å². The first-order chi connectivity index (χ1) is 12.9. The maximum atomic E-state index is 5.66. The molecule has 7 heteroatoms. The monoisotopic (exact) mass is 388 g/mol. The topological polar surface area (TPSA) is 63.4 Å². The number of methoxy groups -OCH3 is 1. The summed E-state index contributed by atoms with van der Waals surface area (Å²) >= 11 is 0. The van der Waals surface area contributed by atoms with Crippen molar-refractivity contribution in [2.75, 3.05) is 31.6 Å². The third kappa shape index (κ3) is 4.17. The van der Waals surface area contributed by atoms with Gasteiger partial charge in [-0.15, -0.1) is 12.4 Å². The molecule has 27 heavy (non-hydrogen) atoms. The average molecular weight is 389 g/mol. The van der Waals surface area contributed by atoms with E-state index in [-0.39, 0.29) is 12.4 Å². The summed E-state index contributed by atoms with van der Waals surface area (Å²) in [4.78, 5) is 10.9. The predicted molar refractivity (Wildman–Crippen MR) is 109 cm³/mol. The molecule has 0 amide bonds. The van der Waals surface area contributed by atoms with Gasteiger partial charge < -0.3 is 19.4 Å². The molecule has 144 valence electrons. The van der Waals surface area contributed by atoms with Gasteiger partial charge in [0.05, 0.1) is 19.6 Å². The summed E-state index contributed by atoms with van der Waals surface area (Å²) in [5, 5.41) is 4.73. The van der Waals surface area contributed by atoms with E-state index in [9.17, 15) is 0 Å². The van der Waals surface area contributed by atoms with Gasteiger partial charge in [-0.05, 0) is 30.9 Å². The zero-order valence-electron chi connectivity index (χ0n) is 15.4. The fourth-order valence-electron chi connectivity index (χ4n) is 3.72. The quantitative estimate of drug-likeness (QED) is 0.697. The molecule has 1 fully saturated rings. The molecule has 1 atom stereocenters. The second kappa shape index (κ2) is 9.06. The summed E-state index contributed by atoms with van der Waals surface area (Å²) < 4.78 is 11.1. The fourth-order valence-corrected chi connectivity index (χ4v) is 3.72. The molecular weight excluding hydrogens is 364 g/mol. The van der Waals surface area contributed by atoms with Gasteiger partial charge in [-0.25, -0.2) is 9.97 Å². The van der Waals surface area contributed by atoms with Crippen LogP contribution in [-0.4, -0.2) is 42.8 Å². The van der Waals surface area contributed by atoms with Crippen molar-refractivity contribution < 1.29 is 9.15 Å². The van der Waals surface area contributed by atoms with Crippen LogP contribution >= 0.6 is 12.4 Å². The van der Waals surface area contributed by atoms with Crippen LogP contribution in [0.25, 0.3) is 11.0 Å². The number of hydrogen-bond acceptors (Lipinski definition) is 6. The van der Waals surface area contributed by atoms with Crippen molar-refractivity contribution in [1.29, 1.82) is 0 Å². The van der Waals surface area contributed by atoms with Crippen molar-refractivity contribution in [3.05, 3.63) is 48.6 Å². The number of benzene rings is 1. The number of rotatable bonds is 6. The SMILES string of the molecule is COc1cncnc1N1CCNCC1CCCc1coc2ccccc12.Cl. The van der Waals surface area contributed by atoms with Crippen LogP contribution in [0.15, 0.2) is 47.5 Å². The summed E-state index contributed by atoms with van der Waals surface area (Å²) in [6, 6.07) is 8.62. The van der Waals surface area contributed by atoms with Crippen LogP contribution in [-0.2, 0) is 6.42 Å². The molecule has 4 rings (SSSR count). The summed E-state index contributed by atoms with van der Waals surface area (Å²) in [7, 11) is 1.67. The number of para-hydroxylation sites is 1. The van der Waals surface area contributed by atoms with Crippen molar-refractivity contribution in [3.63, 3.8) is 0 Å². The smallest absolute Gasteiger partial charge is 0.179 e. The Hall–Kier alpha value is -2.31. The number of nitrogens with zero attached hydrogens (tertiary/aromatic N) is 3. The maximum Gasteiger partial charge on any atom is 0.179 e. The molecule has 1 unspecified atom stereocenters. The van der Waals surface area contributed by atoms with Crippen LogP contribution in [0.5, 0.6) is 5.75 Å².